The zero-order chi connectivity index (χ0) is 15.8. The van der Waals surface area contributed by atoms with E-state index in [-0.39, 0.29) is 10.6 Å². The monoisotopic (exact) mass is 308 g/mol. The minimum absolute atomic E-state index is 0.0811. The summed E-state index contributed by atoms with van der Waals surface area (Å²) in [4.78, 5) is 13.2. The van der Waals surface area contributed by atoms with Crippen molar-refractivity contribution in [3.05, 3.63) is 47.3 Å². The normalized spacial score (nSPS) is 11.4. The van der Waals surface area contributed by atoms with E-state index in [1.54, 1.807) is 6.07 Å². The van der Waals surface area contributed by atoms with Gasteiger partial charge in [-0.05, 0) is 31.5 Å². The maximum absolute atomic E-state index is 12.5. The lowest BCUT2D eigenvalue weighted by Gasteiger charge is -2.21. The van der Waals surface area contributed by atoms with Crippen LogP contribution in [-0.2, 0) is 10.0 Å². The van der Waals surface area contributed by atoms with Crippen molar-refractivity contribution >= 4 is 21.7 Å². The van der Waals surface area contributed by atoms with E-state index in [0.29, 0.717) is 5.69 Å². The summed E-state index contributed by atoms with van der Waals surface area (Å²) in [5, 5.41) is 8.85. The van der Waals surface area contributed by atoms with Crippen molar-refractivity contribution in [3.8, 4) is 0 Å². The Morgan fingerprint density at radius 3 is 2.43 bits per heavy atom. The molecule has 0 bridgehead atoms. The molecular formula is C14H16N2O4S. The number of carboxylic acid groups (broad SMARTS) is 1. The highest BCUT2D eigenvalue weighted by Crippen LogP contribution is 2.26. The number of carboxylic acids is 1. The summed E-state index contributed by atoms with van der Waals surface area (Å²) in [6.07, 6.45) is 1.18. The molecule has 2 N–H and O–H groups in total. The van der Waals surface area contributed by atoms with Crippen molar-refractivity contribution in [2.75, 3.05) is 11.4 Å². The van der Waals surface area contributed by atoms with Gasteiger partial charge < -0.3 is 10.1 Å². The first-order chi connectivity index (χ1) is 9.73. The summed E-state index contributed by atoms with van der Waals surface area (Å²) in [5.41, 5.74) is 2.26. The highest BCUT2D eigenvalue weighted by atomic mass is 32.2. The van der Waals surface area contributed by atoms with Crippen molar-refractivity contribution < 1.29 is 18.3 Å². The van der Waals surface area contributed by atoms with Crippen molar-refractivity contribution in [3.63, 3.8) is 0 Å². The second-order valence-corrected chi connectivity index (χ2v) is 6.79. The van der Waals surface area contributed by atoms with Crippen LogP contribution in [0.25, 0.3) is 0 Å². The van der Waals surface area contributed by atoms with Gasteiger partial charge in [0.2, 0.25) is 0 Å². The first-order valence-electron chi connectivity index (χ1n) is 6.21. The van der Waals surface area contributed by atoms with Crippen LogP contribution in [0.5, 0.6) is 0 Å². The van der Waals surface area contributed by atoms with Crippen molar-refractivity contribution in [1.82, 2.24) is 4.98 Å². The van der Waals surface area contributed by atoms with Gasteiger partial charge in [0.1, 0.15) is 10.6 Å². The Bertz CT molecular complexity index is 793. The lowest BCUT2D eigenvalue weighted by Crippen LogP contribution is -2.26. The number of aromatic carboxylic acids is 1. The van der Waals surface area contributed by atoms with Gasteiger partial charge in [0, 0.05) is 13.2 Å². The zero-order valence-corrected chi connectivity index (χ0v) is 12.7. The Balaban J connectivity index is 2.44. The fourth-order valence-electron chi connectivity index (χ4n) is 2.09. The van der Waals surface area contributed by atoms with E-state index in [9.17, 15) is 13.2 Å². The SMILES string of the molecule is Cc1ccc(N(C)S(=O)(=O)c2c[nH]c(C(=O)O)c2)c(C)c1. The lowest BCUT2D eigenvalue weighted by molar-refractivity contribution is 0.0691. The van der Waals surface area contributed by atoms with E-state index in [2.05, 4.69) is 4.98 Å². The molecule has 0 radical (unpaired) electrons. The summed E-state index contributed by atoms with van der Waals surface area (Å²) < 4.78 is 26.2. The predicted octanol–water partition coefficient (Wildman–Crippen LogP) is 2.15. The fraction of sp³-hybridized carbons (Fsp3) is 0.214. The Kier molecular flexibility index (Phi) is 3.78. The van der Waals surface area contributed by atoms with Gasteiger partial charge in [0.25, 0.3) is 10.0 Å². The molecule has 6 nitrogen and oxygen atoms in total. The molecule has 0 aliphatic rings. The topological polar surface area (TPSA) is 90.5 Å². The molecule has 0 aliphatic heterocycles. The van der Waals surface area contributed by atoms with Gasteiger partial charge in [-0.3, -0.25) is 4.31 Å². The largest absolute Gasteiger partial charge is 0.477 e. The van der Waals surface area contributed by atoms with Gasteiger partial charge in [0.05, 0.1) is 5.69 Å². The number of aryl methyl sites for hydroxylation is 2. The number of benzene rings is 1. The number of anilines is 1. The van der Waals surface area contributed by atoms with Gasteiger partial charge >= 0.3 is 5.97 Å². The van der Waals surface area contributed by atoms with Crippen LogP contribution in [0.15, 0.2) is 35.4 Å². The maximum atomic E-state index is 12.5. The molecule has 0 fully saturated rings. The van der Waals surface area contributed by atoms with Crippen molar-refractivity contribution in [1.29, 1.82) is 0 Å². The molecule has 1 aromatic heterocycles. The maximum Gasteiger partial charge on any atom is 0.352 e. The minimum atomic E-state index is -3.80. The standard InChI is InChI=1S/C14H16N2O4S/c1-9-4-5-13(10(2)6-9)16(3)21(19,20)11-7-12(14(17)18)15-8-11/h4-8,15H,1-3H3,(H,17,18). The smallest absolute Gasteiger partial charge is 0.352 e. The van der Waals surface area contributed by atoms with E-state index < -0.39 is 16.0 Å². The van der Waals surface area contributed by atoms with E-state index in [0.717, 1.165) is 21.5 Å². The third-order valence-corrected chi connectivity index (χ3v) is 4.99. The number of nitrogens with zero attached hydrogens (tertiary/aromatic N) is 1. The second-order valence-electron chi connectivity index (χ2n) is 4.82. The van der Waals surface area contributed by atoms with Gasteiger partial charge in [-0.25, -0.2) is 13.2 Å². The second kappa shape index (κ2) is 5.25. The highest BCUT2D eigenvalue weighted by molar-refractivity contribution is 7.92. The number of nitrogens with one attached hydrogen (secondary N) is 1. The molecule has 0 saturated heterocycles. The number of hydrogen-bond donors (Lipinski definition) is 2. The molecule has 1 aromatic carbocycles. The molecule has 0 saturated carbocycles. The number of rotatable bonds is 4. The molecule has 1 heterocycles. The Morgan fingerprint density at radius 1 is 1.24 bits per heavy atom. The molecule has 0 spiro atoms. The molecule has 112 valence electrons. The number of aromatic amines is 1. The van der Waals surface area contributed by atoms with Crippen LogP contribution < -0.4 is 4.31 Å². The van der Waals surface area contributed by atoms with Crippen molar-refractivity contribution in [2.24, 2.45) is 0 Å². The third-order valence-electron chi connectivity index (χ3n) is 3.24. The fourth-order valence-corrected chi connectivity index (χ4v) is 3.35. The molecular weight excluding hydrogens is 292 g/mol. The number of sulfonamides is 1. The van der Waals surface area contributed by atoms with Crippen LogP contribution in [0.4, 0.5) is 5.69 Å². The average molecular weight is 308 g/mol. The van der Waals surface area contributed by atoms with Crippen LogP contribution in [0.2, 0.25) is 0 Å². The summed E-state index contributed by atoms with van der Waals surface area (Å²) in [7, 11) is -2.36. The van der Waals surface area contributed by atoms with Gasteiger partial charge in [0.15, 0.2) is 0 Å². The molecule has 0 atom stereocenters. The summed E-state index contributed by atoms with van der Waals surface area (Å²) in [6, 6.07) is 6.56. The third kappa shape index (κ3) is 2.78. The predicted molar refractivity (Wildman–Crippen MR) is 79.3 cm³/mol. The quantitative estimate of drug-likeness (QED) is 0.905. The number of hydrogen-bond acceptors (Lipinski definition) is 3. The van der Waals surface area contributed by atoms with Gasteiger partial charge in [-0.2, -0.15) is 0 Å². The van der Waals surface area contributed by atoms with E-state index in [1.807, 2.05) is 26.0 Å². The van der Waals surface area contributed by atoms with Crippen LogP contribution in [-0.4, -0.2) is 31.5 Å². The lowest BCUT2D eigenvalue weighted by atomic mass is 10.1. The molecule has 2 aromatic rings. The number of H-pyrrole nitrogens is 1. The molecule has 0 unspecified atom stereocenters. The summed E-state index contributed by atoms with van der Waals surface area (Å²) in [6.45, 7) is 3.75. The molecule has 21 heavy (non-hydrogen) atoms. The summed E-state index contributed by atoms with van der Waals surface area (Å²) in [5.74, 6) is -1.20. The first kappa shape index (κ1) is 15.1. The molecule has 0 aliphatic carbocycles. The minimum Gasteiger partial charge on any atom is -0.477 e. The van der Waals surface area contributed by atoms with E-state index in [1.165, 1.54) is 13.2 Å². The Morgan fingerprint density at radius 2 is 1.90 bits per heavy atom. The first-order valence-corrected chi connectivity index (χ1v) is 7.65. The van der Waals surface area contributed by atoms with Gasteiger partial charge in [-0.1, -0.05) is 17.7 Å². The van der Waals surface area contributed by atoms with E-state index in [4.69, 9.17) is 5.11 Å². The zero-order valence-electron chi connectivity index (χ0n) is 11.9. The Labute approximate surface area is 123 Å². The molecule has 2 rings (SSSR count). The number of aromatic nitrogens is 1. The number of carbonyl (C=O) groups is 1. The van der Waals surface area contributed by atoms with Crippen LogP contribution >= 0.6 is 0 Å². The summed E-state index contributed by atoms with van der Waals surface area (Å²) >= 11 is 0. The van der Waals surface area contributed by atoms with Crippen LogP contribution in [0.3, 0.4) is 0 Å². The van der Waals surface area contributed by atoms with Gasteiger partial charge in [-0.15, -0.1) is 0 Å². The van der Waals surface area contributed by atoms with E-state index >= 15 is 0 Å². The molecule has 0 amide bonds. The average Bonchev–Trinajstić information content (AvgIpc) is 2.88. The van der Waals surface area contributed by atoms with Crippen molar-refractivity contribution in [2.45, 2.75) is 18.7 Å². The van der Waals surface area contributed by atoms with Crippen LogP contribution in [0.1, 0.15) is 21.6 Å². The Hall–Kier alpha value is -2.28. The highest BCUT2D eigenvalue weighted by Gasteiger charge is 2.24. The molecule has 7 heteroatoms. The van der Waals surface area contributed by atoms with Crippen LogP contribution in [0, 0.1) is 13.8 Å².